The Morgan fingerprint density at radius 1 is 1.32 bits per heavy atom. The highest BCUT2D eigenvalue weighted by Gasteiger charge is 2.53. The molecule has 3 unspecified atom stereocenters. The van der Waals surface area contributed by atoms with Crippen LogP contribution < -0.4 is 15.5 Å². The van der Waals surface area contributed by atoms with Gasteiger partial charge in [0.2, 0.25) is 11.8 Å². The van der Waals surface area contributed by atoms with Crippen LogP contribution in [0.1, 0.15) is 30.1 Å². The smallest absolute Gasteiger partial charge is 0.258 e. The number of aliphatic hydroxyl groups excluding tert-OH is 1. The Labute approximate surface area is 169 Å². The Kier molecular flexibility index (Phi) is 5.65. The molecule has 4 rings (SSSR count). The van der Waals surface area contributed by atoms with Crippen LogP contribution in [0.25, 0.3) is 0 Å². The topological polar surface area (TPSA) is 102 Å². The molecule has 3 heterocycles. The van der Waals surface area contributed by atoms with Crippen LogP contribution in [-0.4, -0.2) is 65.7 Å². The summed E-state index contributed by atoms with van der Waals surface area (Å²) in [4.78, 5) is 41.3. The third-order valence-electron chi connectivity index (χ3n) is 5.91. The molecule has 8 nitrogen and oxygen atoms in total. The summed E-state index contributed by atoms with van der Waals surface area (Å²) < 4.78 is 0. The highest BCUT2D eigenvalue weighted by Crippen LogP contribution is 2.43. The van der Waals surface area contributed by atoms with Gasteiger partial charge in [-0.05, 0) is 25.5 Å². The Bertz CT molecular complexity index is 804. The van der Waals surface area contributed by atoms with Crippen molar-refractivity contribution in [1.82, 2.24) is 15.5 Å². The largest absolute Gasteiger partial charge is 0.391 e. The van der Waals surface area contributed by atoms with Crippen molar-refractivity contribution < 1.29 is 19.5 Å². The number of benzene rings is 1. The minimum Gasteiger partial charge on any atom is -0.391 e. The van der Waals surface area contributed by atoms with Crippen molar-refractivity contribution in [3.05, 3.63) is 29.8 Å². The lowest BCUT2D eigenvalue weighted by Gasteiger charge is -2.48. The van der Waals surface area contributed by atoms with E-state index in [1.165, 1.54) is 4.90 Å². The second kappa shape index (κ2) is 7.69. The molecule has 3 N–H and O–H groups in total. The molecule has 3 aliphatic rings. The van der Waals surface area contributed by atoms with E-state index in [-0.39, 0.29) is 42.6 Å². The number of para-hydroxylation sites is 1. The normalized spacial score (nSPS) is 28.6. The number of rotatable bonds is 4. The van der Waals surface area contributed by atoms with E-state index < -0.39 is 11.8 Å². The molecule has 0 saturated carbocycles. The molecule has 1 aromatic carbocycles. The monoisotopic (exact) mass is 408 g/mol. The maximum Gasteiger partial charge on any atom is 0.258 e. The van der Waals surface area contributed by atoms with Gasteiger partial charge in [-0.25, -0.2) is 0 Å². The summed E-state index contributed by atoms with van der Waals surface area (Å²) in [7, 11) is 0. The van der Waals surface area contributed by atoms with Crippen LogP contribution >= 0.6 is 12.4 Å². The molecule has 152 valence electrons. The van der Waals surface area contributed by atoms with Gasteiger partial charge < -0.3 is 20.6 Å². The Hall–Kier alpha value is -2.16. The minimum atomic E-state index is -0.839. The Balaban J connectivity index is 0.00000225. The molecule has 0 aromatic heterocycles. The van der Waals surface area contributed by atoms with Crippen LogP contribution in [0.15, 0.2) is 24.3 Å². The van der Waals surface area contributed by atoms with Crippen LogP contribution in [-0.2, 0) is 9.59 Å². The Morgan fingerprint density at radius 3 is 2.79 bits per heavy atom. The number of hydrogen-bond donors (Lipinski definition) is 3. The van der Waals surface area contributed by atoms with E-state index in [2.05, 4.69) is 10.6 Å². The molecule has 0 spiro atoms. The number of amides is 3. The number of anilines is 1. The summed E-state index contributed by atoms with van der Waals surface area (Å²) >= 11 is 0. The first-order chi connectivity index (χ1) is 12.9. The average Bonchev–Trinajstić information content (AvgIpc) is 3.20. The molecule has 3 aliphatic heterocycles. The number of carbonyl (C=O) groups is 3. The summed E-state index contributed by atoms with van der Waals surface area (Å²) in [6, 6.07) is 7.03. The van der Waals surface area contributed by atoms with Gasteiger partial charge in [-0.15, -0.1) is 12.4 Å². The van der Waals surface area contributed by atoms with Gasteiger partial charge in [-0.1, -0.05) is 12.1 Å². The highest BCUT2D eigenvalue weighted by atomic mass is 35.5. The van der Waals surface area contributed by atoms with Crippen molar-refractivity contribution >= 4 is 35.8 Å². The van der Waals surface area contributed by atoms with Gasteiger partial charge in [0.05, 0.1) is 17.4 Å². The summed E-state index contributed by atoms with van der Waals surface area (Å²) in [5.74, 6) is -0.603. The van der Waals surface area contributed by atoms with Crippen molar-refractivity contribution in [2.24, 2.45) is 5.92 Å². The van der Waals surface area contributed by atoms with Gasteiger partial charge in [-0.2, -0.15) is 0 Å². The van der Waals surface area contributed by atoms with Gasteiger partial charge >= 0.3 is 0 Å². The number of aliphatic hydroxyl groups is 1. The molecule has 2 saturated heterocycles. The van der Waals surface area contributed by atoms with E-state index in [0.717, 1.165) is 0 Å². The van der Waals surface area contributed by atoms with Crippen molar-refractivity contribution in [3.63, 3.8) is 0 Å². The van der Waals surface area contributed by atoms with E-state index in [1.807, 2.05) is 6.92 Å². The minimum absolute atomic E-state index is 0. The standard InChI is InChI=1S/C19H24N4O4.ClH/c1-19-7-6-17(26)23(19)14-5-3-2-4-13(14)18(27)22(19)11-16(25)21-9-12-8-20-10-15(12)24;/h2-5,12,15,20,24H,6-11H2,1H3,(H,21,25);1H. The van der Waals surface area contributed by atoms with Crippen LogP contribution in [0.4, 0.5) is 5.69 Å². The molecule has 0 aliphatic carbocycles. The molecule has 0 bridgehead atoms. The summed E-state index contributed by atoms with van der Waals surface area (Å²) in [6.45, 7) is 3.24. The molecule has 2 fully saturated rings. The molecular weight excluding hydrogens is 384 g/mol. The quantitative estimate of drug-likeness (QED) is 0.656. The number of hydrogen-bond acceptors (Lipinski definition) is 5. The predicted molar refractivity (Wildman–Crippen MR) is 105 cm³/mol. The molecule has 1 aromatic rings. The molecular formula is C19H25ClN4O4. The van der Waals surface area contributed by atoms with E-state index in [4.69, 9.17) is 0 Å². The molecule has 9 heteroatoms. The van der Waals surface area contributed by atoms with Crippen LogP contribution in [0.5, 0.6) is 0 Å². The van der Waals surface area contributed by atoms with Gasteiger partial charge in [-0.3, -0.25) is 19.3 Å². The lowest BCUT2D eigenvalue weighted by Crippen LogP contribution is -2.64. The molecule has 3 atom stereocenters. The first-order valence-electron chi connectivity index (χ1n) is 9.31. The van der Waals surface area contributed by atoms with E-state index in [0.29, 0.717) is 43.7 Å². The molecule has 0 radical (unpaired) electrons. The van der Waals surface area contributed by atoms with Crippen molar-refractivity contribution in [3.8, 4) is 0 Å². The second-order valence-corrected chi connectivity index (χ2v) is 7.64. The number of halogens is 1. The summed E-state index contributed by atoms with van der Waals surface area (Å²) in [5, 5.41) is 15.7. The van der Waals surface area contributed by atoms with Crippen LogP contribution in [0.3, 0.4) is 0 Å². The Morgan fingerprint density at radius 2 is 2.07 bits per heavy atom. The highest BCUT2D eigenvalue weighted by molar-refractivity contribution is 6.11. The lowest BCUT2D eigenvalue weighted by atomic mass is 9.98. The SMILES string of the molecule is CC12CCC(=O)N1c1ccccc1C(=O)N2CC(=O)NCC1CNCC1O.Cl. The molecule has 28 heavy (non-hydrogen) atoms. The van der Waals surface area contributed by atoms with Crippen LogP contribution in [0, 0.1) is 5.92 Å². The number of nitrogens with one attached hydrogen (secondary N) is 2. The fraction of sp³-hybridized carbons (Fsp3) is 0.526. The van der Waals surface area contributed by atoms with E-state index in [1.54, 1.807) is 29.2 Å². The summed E-state index contributed by atoms with van der Waals surface area (Å²) in [5.41, 5.74) is 0.214. The number of nitrogens with zero attached hydrogens (tertiary/aromatic N) is 2. The number of carbonyl (C=O) groups excluding carboxylic acids is 3. The summed E-state index contributed by atoms with van der Waals surface area (Å²) in [6.07, 6.45) is 0.356. The zero-order valence-electron chi connectivity index (χ0n) is 15.7. The fourth-order valence-corrected chi connectivity index (χ4v) is 4.31. The first kappa shape index (κ1) is 20.6. The van der Waals surface area contributed by atoms with Gasteiger partial charge in [0.1, 0.15) is 12.2 Å². The van der Waals surface area contributed by atoms with E-state index >= 15 is 0 Å². The average molecular weight is 409 g/mol. The lowest BCUT2D eigenvalue weighted by molar-refractivity contribution is -0.124. The third kappa shape index (κ3) is 3.25. The molecule has 3 amide bonds. The number of fused-ring (bicyclic) bond motifs is 3. The number of β-amino-alcohol motifs (C(OH)–C–C–N with tert-alkyl or cyclic N) is 1. The van der Waals surface area contributed by atoms with Crippen molar-refractivity contribution in [1.29, 1.82) is 0 Å². The maximum absolute atomic E-state index is 13.1. The van der Waals surface area contributed by atoms with Gasteiger partial charge in [0.15, 0.2) is 0 Å². The second-order valence-electron chi connectivity index (χ2n) is 7.64. The van der Waals surface area contributed by atoms with Gasteiger partial charge in [0.25, 0.3) is 5.91 Å². The van der Waals surface area contributed by atoms with Gasteiger partial charge in [0, 0.05) is 32.0 Å². The third-order valence-corrected chi connectivity index (χ3v) is 5.91. The zero-order chi connectivity index (χ0) is 19.2. The predicted octanol–water partition coefficient (Wildman–Crippen LogP) is 0.104. The zero-order valence-corrected chi connectivity index (χ0v) is 16.5. The first-order valence-corrected chi connectivity index (χ1v) is 9.31. The van der Waals surface area contributed by atoms with Crippen LogP contribution in [0.2, 0.25) is 0 Å². The van der Waals surface area contributed by atoms with E-state index in [9.17, 15) is 19.5 Å². The fourth-order valence-electron chi connectivity index (χ4n) is 4.31. The van der Waals surface area contributed by atoms with Crippen molar-refractivity contribution in [2.45, 2.75) is 31.5 Å². The maximum atomic E-state index is 13.1. The van der Waals surface area contributed by atoms with Crippen molar-refractivity contribution in [2.75, 3.05) is 31.1 Å².